The van der Waals surface area contributed by atoms with E-state index in [9.17, 15) is 0 Å². The molecule has 0 saturated carbocycles. The summed E-state index contributed by atoms with van der Waals surface area (Å²) in [6.45, 7) is 0. The molecule has 0 unspecified atom stereocenters. The Hall–Kier alpha value is -2.78. The van der Waals surface area contributed by atoms with Crippen molar-refractivity contribution in [2.45, 2.75) is 12.8 Å². The van der Waals surface area contributed by atoms with E-state index in [-0.39, 0.29) is 0 Å². The van der Waals surface area contributed by atoms with Crippen LogP contribution in [0.4, 0.5) is 5.69 Å². The third kappa shape index (κ3) is 3.08. The average Bonchev–Trinajstić information content (AvgIpc) is 2.74. The Morgan fingerprint density at radius 1 is 0.704 bits per heavy atom. The van der Waals surface area contributed by atoms with E-state index in [0.717, 1.165) is 50.9 Å². The molecule has 0 amide bonds. The molecule has 0 aliphatic carbocycles. The fourth-order valence-electron chi connectivity index (χ4n) is 3.61. The third-order valence-electron chi connectivity index (χ3n) is 5.04. The van der Waals surface area contributed by atoms with Crippen LogP contribution in [-0.2, 0) is 6.42 Å². The second-order valence-corrected chi connectivity index (χ2v) is 7.69. The van der Waals surface area contributed by atoms with Crippen LogP contribution in [0.2, 0.25) is 0 Å². The van der Waals surface area contributed by atoms with Gasteiger partial charge in [-0.2, -0.15) is 0 Å². The monoisotopic (exact) mass is 412 g/mol. The molecule has 130 valence electrons. The lowest BCUT2D eigenvalue weighted by atomic mass is 9.95. The first-order chi connectivity index (χ1) is 13.3. The minimum atomic E-state index is 0.967. The summed E-state index contributed by atoms with van der Waals surface area (Å²) in [5, 5.41) is 1.13. The van der Waals surface area contributed by atoms with Crippen molar-refractivity contribution in [1.29, 1.82) is 0 Å². The van der Waals surface area contributed by atoms with E-state index in [2.05, 4.69) is 76.6 Å². The molecular weight excluding hydrogens is 396 g/mol. The molecule has 2 nitrogen and oxygen atoms in total. The zero-order valence-electron chi connectivity index (χ0n) is 14.7. The lowest BCUT2D eigenvalue weighted by molar-refractivity contribution is 1.01. The molecule has 2 heterocycles. The van der Waals surface area contributed by atoms with Gasteiger partial charge in [-0.1, -0.05) is 76.6 Å². The average molecular weight is 413 g/mol. The number of aliphatic imine (C=N–C) groups is 1. The Labute approximate surface area is 166 Å². The van der Waals surface area contributed by atoms with Crippen molar-refractivity contribution in [2.24, 2.45) is 4.99 Å². The van der Waals surface area contributed by atoms with Crippen molar-refractivity contribution < 1.29 is 0 Å². The third-order valence-corrected chi connectivity index (χ3v) is 5.57. The van der Waals surface area contributed by atoms with Crippen LogP contribution in [0.1, 0.15) is 17.5 Å². The number of aryl methyl sites for hydroxylation is 1. The molecule has 1 aromatic heterocycles. The van der Waals surface area contributed by atoms with Crippen LogP contribution in [-0.4, -0.2) is 10.7 Å². The molecule has 0 radical (unpaired) electrons. The van der Waals surface area contributed by atoms with Gasteiger partial charge in [-0.15, -0.1) is 0 Å². The minimum Gasteiger partial charge on any atom is -0.250 e. The van der Waals surface area contributed by atoms with Gasteiger partial charge in [-0.3, -0.25) is 4.99 Å². The number of rotatable bonds is 2. The molecular formula is C24H17BrN2. The van der Waals surface area contributed by atoms with Gasteiger partial charge < -0.3 is 0 Å². The van der Waals surface area contributed by atoms with E-state index >= 15 is 0 Å². The van der Waals surface area contributed by atoms with Crippen molar-refractivity contribution in [1.82, 2.24) is 4.98 Å². The van der Waals surface area contributed by atoms with Crippen molar-refractivity contribution >= 4 is 38.2 Å². The number of halogens is 1. The first-order valence-corrected chi connectivity index (χ1v) is 9.89. The summed E-state index contributed by atoms with van der Waals surface area (Å²) in [7, 11) is 0. The molecule has 1 aliphatic heterocycles. The molecule has 0 bridgehead atoms. The molecule has 27 heavy (non-hydrogen) atoms. The van der Waals surface area contributed by atoms with Gasteiger partial charge in [0, 0.05) is 21.1 Å². The molecule has 3 aromatic carbocycles. The second-order valence-electron chi connectivity index (χ2n) is 6.77. The van der Waals surface area contributed by atoms with Crippen LogP contribution in [0.5, 0.6) is 0 Å². The molecule has 3 heteroatoms. The molecule has 4 aromatic rings. The van der Waals surface area contributed by atoms with Crippen molar-refractivity contribution in [3.05, 3.63) is 94.5 Å². The second kappa shape index (κ2) is 6.75. The van der Waals surface area contributed by atoms with Gasteiger partial charge in [0.05, 0.1) is 16.9 Å². The van der Waals surface area contributed by atoms with Crippen LogP contribution in [0.15, 0.2) is 88.3 Å². The number of aromatic nitrogens is 1. The van der Waals surface area contributed by atoms with E-state index in [0.29, 0.717) is 0 Å². The maximum absolute atomic E-state index is 5.04. The molecule has 5 rings (SSSR count). The van der Waals surface area contributed by atoms with Crippen LogP contribution in [0.25, 0.3) is 22.2 Å². The van der Waals surface area contributed by atoms with Gasteiger partial charge in [0.15, 0.2) is 0 Å². The summed E-state index contributed by atoms with van der Waals surface area (Å²) in [4.78, 5) is 10.0. The van der Waals surface area contributed by atoms with E-state index < -0.39 is 0 Å². The molecule has 0 spiro atoms. The highest BCUT2D eigenvalue weighted by Gasteiger charge is 2.17. The Bertz CT molecular complexity index is 1160. The smallest absolute Gasteiger partial charge is 0.0968 e. The topological polar surface area (TPSA) is 25.2 Å². The highest BCUT2D eigenvalue weighted by molar-refractivity contribution is 9.10. The standard InChI is InChI=1S/C24H17BrN2/c25-20-12-8-17(9-13-20)22-15-11-19-7-6-18-10-14-21(16-4-2-1-3-5-16)26-23(18)24(19)27-22/h1-9,11-13,15H,10,14H2. The summed E-state index contributed by atoms with van der Waals surface area (Å²) in [5.74, 6) is 0. The fraction of sp³-hybridized carbons (Fsp3) is 0.0833. The Balaban J connectivity index is 1.68. The summed E-state index contributed by atoms with van der Waals surface area (Å²) in [6.07, 6.45) is 1.97. The SMILES string of the molecule is Brc1ccc(-c2ccc3ccc4c(c3n2)N=C(c2ccccc2)CC4)cc1. The summed E-state index contributed by atoms with van der Waals surface area (Å²) >= 11 is 3.50. The predicted octanol–water partition coefficient (Wildman–Crippen LogP) is 6.73. The molecule has 0 atom stereocenters. The molecule has 0 fully saturated rings. The van der Waals surface area contributed by atoms with Crippen LogP contribution in [0, 0.1) is 0 Å². The van der Waals surface area contributed by atoms with Crippen molar-refractivity contribution in [3.63, 3.8) is 0 Å². The van der Waals surface area contributed by atoms with Crippen LogP contribution < -0.4 is 0 Å². The van der Waals surface area contributed by atoms with Gasteiger partial charge >= 0.3 is 0 Å². The first-order valence-electron chi connectivity index (χ1n) is 9.09. The van der Waals surface area contributed by atoms with Gasteiger partial charge in [-0.05, 0) is 42.2 Å². The number of hydrogen-bond acceptors (Lipinski definition) is 2. The minimum absolute atomic E-state index is 0.967. The van der Waals surface area contributed by atoms with E-state index in [1.807, 2.05) is 18.2 Å². The zero-order valence-corrected chi connectivity index (χ0v) is 16.3. The summed E-state index contributed by atoms with van der Waals surface area (Å²) < 4.78 is 1.07. The normalized spacial score (nSPS) is 13.3. The van der Waals surface area contributed by atoms with Gasteiger partial charge in [0.25, 0.3) is 0 Å². The number of hydrogen-bond donors (Lipinski definition) is 0. The van der Waals surface area contributed by atoms with Crippen molar-refractivity contribution in [2.75, 3.05) is 0 Å². The lowest BCUT2D eigenvalue weighted by Crippen LogP contribution is -2.08. The molecule has 0 saturated heterocycles. The molecule has 1 aliphatic rings. The van der Waals surface area contributed by atoms with Gasteiger partial charge in [0.1, 0.15) is 0 Å². The number of pyridine rings is 1. The first kappa shape index (κ1) is 16.4. The maximum Gasteiger partial charge on any atom is 0.0968 e. The highest BCUT2D eigenvalue weighted by Crippen LogP contribution is 2.35. The summed E-state index contributed by atoms with van der Waals surface area (Å²) in [5.41, 5.74) is 7.72. The fourth-order valence-corrected chi connectivity index (χ4v) is 3.87. The zero-order chi connectivity index (χ0) is 18.2. The van der Waals surface area contributed by atoms with Crippen LogP contribution >= 0.6 is 15.9 Å². The van der Waals surface area contributed by atoms with E-state index in [1.165, 1.54) is 11.1 Å². The highest BCUT2D eigenvalue weighted by atomic mass is 79.9. The predicted molar refractivity (Wildman–Crippen MR) is 116 cm³/mol. The number of fused-ring (bicyclic) bond motifs is 3. The quantitative estimate of drug-likeness (QED) is 0.358. The van der Waals surface area contributed by atoms with Crippen LogP contribution in [0.3, 0.4) is 0 Å². The Morgan fingerprint density at radius 3 is 2.30 bits per heavy atom. The summed E-state index contributed by atoms with van der Waals surface area (Å²) in [6, 6.07) is 27.3. The largest absolute Gasteiger partial charge is 0.250 e. The van der Waals surface area contributed by atoms with Crippen molar-refractivity contribution in [3.8, 4) is 11.3 Å². The lowest BCUT2D eigenvalue weighted by Gasteiger charge is -2.17. The molecule has 0 N–H and O–H groups in total. The number of benzene rings is 3. The Morgan fingerprint density at radius 2 is 1.48 bits per heavy atom. The van der Waals surface area contributed by atoms with E-state index in [4.69, 9.17) is 9.98 Å². The maximum atomic E-state index is 5.04. The van der Waals surface area contributed by atoms with Gasteiger partial charge in [0.2, 0.25) is 0 Å². The van der Waals surface area contributed by atoms with E-state index in [1.54, 1.807) is 0 Å². The number of nitrogens with zero attached hydrogens (tertiary/aromatic N) is 2. The Kier molecular flexibility index (Phi) is 4.10. The van der Waals surface area contributed by atoms with Gasteiger partial charge in [-0.25, -0.2) is 4.98 Å².